The second-order valence-corrected chi connectivity index (χ2v) is 13.8. The smallest absolute Gasteiger partial charge is 0.408 e. The fourth-order valence-electron chi connectivity index (χ4n) is 4.87. The second kappa shape index (κ2) is 13.9. The van der Waals surface area contributed by atoms with Crippen molar-refractivity contribution in [3.8, 4) is 5.75 Å². The van der Waals surface area contributed by atoms with Gasteiger partial charge in [-0.3, -0.25) is 9.79 Å². The van der Waals surface area contributed by atoms with Gasteiger partial charge < -0.3 is 25.8 Å². The van der Waals surface area contributed by atoms with E-state index in [0.29, 0.717) is 49.8 Å². The Kier molecular flexibility index (Phi) is 11.6. The van der Waals surface area contributed by atoms with Crippen LogP contribution in [0.5, 0.6) is 5.75 Å². The number of alkyl carbamates (subject to hydrolysis) is 1. The normalized spacial score (nSPS) is 15.6. The molecule has 0 aromatic heterocycles. The minimum atomic E-state index is -4.01. The number of carbonyl (C=O) groups excluding carboxylic acids is 2. The van der Waals surface area contributed by atoms with Crippen LogP contribution in [0, 0.1) is 20.8 Å². The standard InChI is InChI=1S/C29H49N5O6S/c1-10-31-15-12-14-23(35)22(33-27(36)40-28(5,6)7)13-11-16-32-26(30)34-41(37,38)25-19(3)18(2)24-21(20(25)4)17-29(8,9)39-24/h22,31H,10-17H2,1-9H3,(H,33,36)(H3,30,32,34)/t22-/m0/s1. The Hall–Kier alpha value is -2.86. The maximum atomic E-state index is 13.4. The lowest BCUT2D eigenvalue weighted by Crippen LogP contribution is -2.43. The minimum absolute atomic E-state index is 0.100. The lowest BCUT2D eigenvalue weighted by Gasteiger charge is -2.23. The SMILES string of the molecule is CCNCCCC(=O)[C@H](CCCN=C(N)NS(=O)(=O)c1c(C)c(C)c2c(c1C)CC(C)(C)O2)NC(=O)OC(C)(C)C. The number of amides is 1. The highest BCUT2D eigenvalue weighted by atomic mass is 32.2. The van der Waals surface area contributed by atoms with Crippen molar-refractivity contribution in [3.63, 3.8) is 0 Å². The molecule has 12 heteroatoms. The number of fused-ring (bicyclic) bond motifs is 1. The van der Waals surface area contributed by atoms with Gasteiger partial charge in [-0.15, -0.1) is 0 Å². The zero-order chi connectivity index (χ0) is 31.2. The molecular weight excluding hydrogens is 546 g/mol. The van der Waals surface area contributed by atoms with Gasteiger partial charge in [-0.1, -0.05) is 6.92 Å². The molecule has 1 amide bonds. The van der Waals surface area contributed by atoms with Crippen molar-refractivity contribution in [3.05, 3.63) is 22.3 Å². The monoisotopic (exact) mass is 595 g/mol. The number of aliphatic imine (C=N–C) groups is 1. The fraction of sp³-hybridized carbons (Fsp3) is 0.690. The Bertz CT molecular complexity index is 1250. The summed E-state index contributed by atoms with van der Waals surface area (Å²) < 4.78 is 40.6. The molecule has 0 radical (unpaired) electrons. The van der Waals surface area contributed by atoms with Crippen LogP contribution in [0.1, 0.15) is 89.5 Å². The Labute approximate surface area is 245 Å². The molecule has 1 aromatic carbocycles. The molecule has 5 N–H and O–H groups in total. The number of nitrogens with two attached hydrogens (primary N) is 1. The summed E-state index contributed by atoms with van der Waals surface area (Å²) in [6.07, 6.45) is 1.59. The summed E-state index contributed by atoms with van der Waals surface area (Å²) in [6, 6.07) is -0.745. The molecule has 232 valence electrons. The van der Waals surface area contributed by atoms with Crippen molar-refractivity contribution in [2.24, 2.45) is 10.7 Å². The molecule has 41 heavy (non-hydrogen) atoms. The molecule has 0 saturated carbocycles. The molecule has 11 nitrogen and oxygen atoms in total. The van der Waals surface area contributed by atoms with Gasteiger partial charge in [-0.2, -0.15) is 0 Å². The first-order valence-corrected chi connectivity index (χ1v) is 15.7. The van der Waals surface area contributed by atoms with Gasteiger partial charge in [0.1, 0.15) is 17.0 Å². The van der Waals surface area contributed by atoms with Crippen molar-refractivity contribution < 1.29 is 27.5 Å². The van der Waals surface area contributed by atoms with Gasteiger partial charge in [-0.05, 0) is 104 Å². The molecule has 1 aliphatic rings. The Balaban J connectivity index is 2.08. The number of guanidine groups is 1. The summed E-state index contributed by atoms with van der Waals surface area (Å²) in [7, 11) is -4.01. The van der Waals surface area contributed by atoms with Crippen LogP contribution in [0.25, 0.3) is 0 Å². The Morgan fingerprint density at radius 2 is 1.78 bits per heavy atom. The number of benzene rings is 1. The number of ketones is 1. The van der Waals surface area contributed by atoms with E-state index in [1.54, 1.807) is 34.6 Å². The van der Waals surface area contributed by atoms with Crippen LogP contribution in [-0.4, -0.2) is 63.1 Å². The number of carbonyl (C=O) groups is 2. The molecule has 1 aromatic rings. The van der Waals surface area contributed by atoms with Gasteiger partial charge in [0.05, 0.1) is 10.9 Å². The number of hydrogen-bond donors (Lipinski definition) is 4. The first kappa shape index (κ1) is 34.3. The van der Waals surface area contributed by atoms with Crippen LogP contribution in [-0.2, 0) is 26.0 Å². The first-order valence-electron chi connectivity index (χ1n) is 14.3. The van der Waals surface area contributed by atoms with Crippen molar-refractivity contribution in [1.29, 1.82) is 0 Å². The molecule has 0 aliphatic carbocycles. The number of nitrogens with zero attached hydrogens (tertiary/aromatic N) is 1. The van der Waals surface area contributed by atoms with E-state index >= 15 is 0 Å². The highest BCUT2D eigenvalue weighted by molar-refractivity contribution is 7.90. The molecule has 0 unspecified atom stereocenters. The summed E-state index contributed by atoms with van der Waals surface area (Å²) in [5, 5.41) is 5.85. The Morgan fingerprint density at radius 1 is 1.12 bits per heavy atom. The van der Waals surface area contributed by atoms with Crippen molar-refractivity contribution in [2.45, 2.75) is 117 Å². The van der Waals surface area contributed by atoms with Gasteiger partial charge in [0, 0.05) is 24.9 Å². The zero-order valence-corrected chi connectivity index (χ0v) is 26.9. The highest BCUT2D eigenvalue weighted by Crippen LogP contribution is 2.43. The lowest BCUT2D eigenvalue weighted by atomic mass is 9.94. The van der Waals surface area contributed by atoms with E-state index in [2.05, 4.69) is 20.3 Å². The van der Waals surface area contributed by atoms with E-state index < -0.39 is 33.4 Å². The number of Topliss-reactive ketones (excluding diaryl/α,β-unsaturated/α-hetero) is 1. The number of sulfonamides is 1. The predicted molar refractivity (Wildman–Crippen MR) is 161 cm³/mol. The average Bonchev–Trinajstić information content (AvgIpc) is 3.16. The number of hydrogen-bond acceptors (Lipinski definition) is 8. The third-order valence-corrected chi connectivity index (χ3v) is 8.47. The first-order chi connectivity index (χ1) is 18.9. The van der Waals surface area contributed by atoms with E-state index in [4.69, 9.17) is 15.2 Å². The quantitative estimate of drug-likeness (QED) is 0.153. The van der Waals surface area contributed by atoms with Crippen LogP contribution >= 0.6 is 0 Å². The van der Waals surface area contributed by atoms with Gasteiger partial charge >= 0.3 is 6.09 Å². The topological polar surface area (TPSA) is 161 Å². The van der Waals surface area contributed by atoms with E-state index in [1.807, 2.05) is 27.7 Å². The van der Waals surface area contributed by atoms with E-state index in [1.165, 1.54) is 0 Å². The van der Waals surface area contributed by atoms with Crippen LogP contribution in [0.15, 0.2) is 9.89 Å². The van der Waals surface area contributed by atoms with Crippen LogP contribution in [0.4, 0.5) is 4.79 Å². The summed E-state index contributed by atoms with van der Waals surface area (Å²) in [4.78, 5) is 29.5. The largest absolute Gasteiger partial charge is 0.487 e. The van der Waals surface area contributed by atoms with Gasteiger partial charge in [0.25, 0.3) is 10.0 Å². The molecule has 1 aliphatic heterocycles. The van der Waals surface area contributed by atoms with Crippen LogP contribution < -0.4 is 25.8 Å². The third kappa shape index (κ3) is 9.88. The van der Waals surface area contributed by atoms with E-state index in [9.17, 15) is 18.0 Å². The molecule has 0 spiro atoms. The second-order valence-electron chi connectivity index (χ2n) is 12.2. The highest BCUT2D eigenvalue weighted by Gasteiger charge is 2.36. The maximum absolute atomic E-state index is 13.4. The van der Waals surface area contributed by atoms with E-state index in [0.717, 1.165) is 23.4 Å². The van der Waals surface area contributed by atoms with Gasteiger partial charge in [-0.25, -0.2) is 17.9 Å². The number of rotatable bonds is 13. The molecule has 0 bridgehead atoms. The van der Waals surface area contributed by atoms with Crippen molar-refractivity contribution in [1.82, 2.24) is 15.4 Å². The third-order valence-electron chi connectivity index (χ3n) is 6.84. The fourth-order valence-corrected chi connectivity index (χ4v) is 6.39. The summed E-state index contributed by atoms with van der Waals surface area (Å²) in [5.41, 5.74) is 7.77. The van der Waals surface area contributed by atoms with Gasteiger partial charge in [0.15, 0.2) is 5.78 Å². The minimum Gasteiger partial charge on any atom is -0.487 e. The summed E-state index contributed by atoms with van der Waals surface area (Å²) in [6.45, 7) is 18.3. The van der Waals surface area contributed by atoms with Crippen LogP contribution in [0.2, 0.25) is 0 Å². The average molecular weight is 596 g/mol. The van der Waals surface area contributed by atoms with Crippen LogP contribution in [0.3, 0.4) is 0 Å². The molecule has 1 atom stereocenters. The maximum Gasteiger partial charge on any atom is 0.408 e. The molecule has 0 saturated heterocycles. The molecule has 2 rings (SSSR count). The summed E-state index contributed by atoms with van der Waals surface area (Å²) >= 11 is 0. The van der Waals surface area contributed by atoms with E-state index in [-0.39, 0.29) is 23.2 Å². The number of ether oxygens (including phenoxy) is 2. The molecule has 0 fully saturated rings. The summed E-state index contributed by atoms with van der Waals surface area (Å²) in [5.74, 6) is 0.403. The number of nitrogens with one attached hydrogen (secondary N) is 3. The van der Waals surface area contributed by atoms with Crippen molar-refractivity contribution in [2.75, 3.05) is 19.6 Å². The zero-order valence-electron chi connectivity index (χ0n) is 26.1. The molecule has 1 heterocycles. The Morgan fingerprint density at radius 3 is 2.39 bits per heavy atom. The molecular formula is C29H49N5O6S. The predicted octanol–water partition coefficient (Wildman–Crippen LogP) is 3.55. The lowest BCUT2D eigenvalue weighted by molar-refractivity contribution is -0.121. The van der Waals surface area contributed by atoms with Gasteiger partial charge in [0.2, 0.25) is 5.96 Å². The van der Waals surface area contributed by atoms with Crippen molar-refractivity contribution >= 4 is 27.9 Å².